The van der Waals surface area contributed by atoms with Crippen LogP contribution < -0.4 is 0 Å². The van der Waals surface area contributed by atoms with E-state index in [1.165, 1.54) is 0 Å². The third-order valence-corrected chi connectivity index (χ3v) is 4.65. The average molecular weight is 365 g/mol. The summed E-state index contributed by atoms with van der Waals surface area (Å²) in [7, 11) is 0. The van der Waals surface area contributed by atoms with Crippen LogP contribution in [-0.4, -0.2) is 22.1 Å². The van der Waals surface area contributed by atoms with Crippen LogP contribution in [0.2, 0.25) is 5.02 Å². The van der Waals surface area contributed by atoms with Gasteiger partial charge in [-0.3, -0.25) is 0 Å². The molecule has 0 N–H and O–H groups in total. The predicted molar refractivity (Wildman–Crippen MR) is 104 cm³/mol. The fourth-order valence-electron chi connectivity index (χ4n) is 3.20. The van der Waals surface area contributed by atoms with E-state index in [0.29, 0.717) is 18.8 Å². The molecule has 0 saturated heterocycles. The molecule has 4 nitrogen and oxygen atoms in total. The first-order chi connectivity index (χ1) is 12.7. The molecule has 0 saturated carbocycles. The van der Waals surface area contributed by atoms with Crippen molar-refractivity contribution in [2.24, 2.45) is 0 Å². The average Bonchev–Trinajstić information content (AvgIpc) is 2.97. The topological polar surface area (TPSA) is 44.1 Å². The van der Waals surface area contributed by atoms with Gasteiger partial charge < -0.3 is 9.30 Å². The molecule has 0 aliphatic carbocycles. The second-order valence-corrected chi connectivity index (χ2v) is 6.47. The first-order valence-corrected chi connectivity index (χ1v) is 8.83. The van der Waals surface area contributed by atoms with E-state index in [-0.39, 0.29) is 0 Å². The number of carbonyl (C=O) groups excluding carboxylic acids is 1. The molecule has 2 heterocycles. The highest BCUT2D eigenvalue weighted by Gasteiger charge is 2.15. The van der Waals surface area contributed by atoms with Crippen LogP contribution in [0.15, 0.2) is 60.8 Å². The monoisotopic (exact) mass is 364 g/mol. The fourth-order valence-corrected chi connectivity index (χ4v) is 3.33. The molecule has 0 atom stereocenters. The van der Waals surface area contributed by atoms with Crippen molar-refractivity contribution in [3.63, 3.8) is 0 Å². The Morgan fingerprint density at radius 3 is 2.62 bits per heavy atom. The lowest BCUT2D eigenvalue weighted by Crippen LogP contribution is -2.07. The molecule has 26 heavy (non-hydrogen) atoms. The molecule has 0 unspecified atom stereocenters. The quantitative estimate of drug-likeness (QED) is 0.475. The lowest BCUT2D eigenvalue weighted by molar-refractivity contribution is 0.0520. The minimum Gasteiger partial charge on any atom is -0.461 e. The Hall–Kier alpha value is -2.85. The SMILES string of the molecule is CCOC(=O)c1cc2c3ccccc3n(Cc3ccc(Cl)cc3)c2cn1. The molecule has 0 aliphatic rings. The number of halogens is 1. The maximum atomic E-state index is 12.1. The molecule has 0 amide bonds. The zero-order valence-corrected chi connectivity index (χ0v) is 15.0. The molecule has 5 heteroatoms. The number of esters is 1. The Kier molecular flexibility index (Phi) is 4.35. The van der Waals surface area contributed by atoms with Crippen LogP contribution in [-0.2, 0) is 11.3 Å². The predicted octanol–water partition coefficient (Wildman–Crippen LogP) is 5.07. The van der Waals surface area contributed by atoms with Gasteiger partial charge in [-0.25, -0.2) is 9.78 Å². The third-order valence-electron chi connectivity index (χ3n) is 4.40. The number of aromatic nitrogens is 2. The number of pyridine rings is 1. The smallest absolute Gasteiger partial charge is 0.356 e. The summed E-state index contributed by atoms with van der Waals surface area (Å²) in [6.45, 7) is 2.81. The summed E-state index contributed by atoms with van der Waals surface area (Å²) < 4.78 is 7.29. The Bertz CT molecular complexity index is 1100. The van der Waals surface area contributed by atoms with Crippen LogP contribution in [0.4, 0.5) is 0 Å². The molecular weight excluding hydrogens is 348 g/mol. The van der Waals surface area contributed by atoms with Crippen molar-refractivity contribution in [1.29, 1.82) is 0 Å². The molecule has 130 valence electrons. The van der Waals surface area contributed by atoms with Crippen LogP contribution in [0.3, 0.4) is 0 Å². The zero-order chi connectivity index (χ0) is 18.1. The molecule has 4 aromatic rings. The number of carbonyl (C=O) groups is 1. The molecular formula is C21H17ClN2O2. The molecule has 0 aliphatic heterocycles. The summed E-state index contributed by atoms with van der Waals surface area (Å²) in [6, 6.07) is 17.8. The number of hydrogen-bond acceptors (Lipinski definition) is 3. The molecule has 0 fully saturated rings. The number of hydrogen-bond donors (Lipinski definition) is 0. The van der Waals surface area contributed by atoms with E-state index in [1.54, 1.807) is 13.1 Å². The van der Waals surface area contributed by atoms with Gasteiger partial charge in [0.25, 0.3) is 0 Å². The van der Waals surface area contributed by atoms with E-state index < -0.39 is 5.97 Å². The number of para-hydroxylation sites is 1. The van der Waals surface area contributed by atoms with Gasteiger partial charge in [0.15, 0.2) is 0 Å². The molecule has 2 aromatic carbocycles. The van der Waals surface area contributed by atoms with Crippen LogP contribution in [0.5, 0.6) is 0 Å². The van der Waals surface area contributed by atoms with E-state index in [1.807, 2.05) is 42.5 Å². The first kappa shape index (κ1) is 16.6. The third kappa shape index (κ3) is 2.93. The summed E-state index contributed by atoms with van der Waals surface area (Å²) in [4.78, 5) is 16.4. The van der Waals surface area contributed by atoms with Crippen molar-refractivity contribution in [1.82, 2.24) is 9.55 Å². The summed E-state index contributed by atoms with van der Waals surface area (Å²) in [6.07, 6.45) is 1.75. The van der Waals surface area contributed by atoms with Gasteiger partial charge in [-0.05, 0) is 36.8 Å². The lowest BCUT2D eigenvalue weighted by Gasteiger charge is -2.08. The minimum absolute atomic E-state index is 0.328. The van der Waals surface area contributed by atoms with Gasteiger partial charge in [-0.2, -0.15) is 0 Å². The van der Waals surface area contributed by atoms with E-state index >= 15 is 0 Å². The van der Waals surface area contributed by atoms with E-state index in [9.17, 15) is 4.79 Å². The lowest BCUT2D eigenvalue weighted by atomic mass is 10.1. The van der Waals surface area contributed by atoms with Crippen molar-refractivity contribution < 1.29 is 9.53 Å². The molecule has 0 spiro atoms. The van der Waals surface area contributed by atoms with Gasteiger partial charge in [0, 0.05) is 27.9 Å². The van der Waals surface area contributed by atoms with Crippen LogP contribution in [0.25, 0.3) is 21.8 Å². The highest BCUT2D eigenvalue weighted by atomic mass is 35.5. The number of nitrogens with zero attached hydrogens (tertiary/aromatic N) is 2. The van der Waals surface area contributed by atoms with Crippen LogP contribution in [0, 0.1) is 0 Å². The first-order valence-electron chi connectivity index (χ1n) is 8.46. The zero-order valence-electron chi connectivity index (χ0n) is 14.3. The Morgan fingerprint density at radius 2 is 1.85 bits per heavy atom. The Balaban J connectivity index is 1.88. The van der Waals surface area contributed by atoms with Gasteiger partial charge in [0.05, 0.1) is 18.3 Å². The highest BCUT2D eigenvalue weighted by molar-refractivity contribution is 6.30. The Morgan fingerprint density at radius 1 is 1.08 bits per heavy atom. The number of ether oxygens (including phenoxy) is 1. The number of benzene rings is 2. The van der Waals surface area contributed by atoms with Crippen molar-refractivity contribution in [3.05, 3.63) is 77.1 Å². The van der Waals surface area contributed by atoms with Crippen molar-refractivity contribution in [2.45, 2.75) is 13.5 Å². The van der Waals surface area contributed by atoms with Crippen LogP contribution in [0.1, 0.15) is 23.0 Å². The second-order valence-electron chi connectivity index (χ2n) is 6.04. The van der Waals surface area contributed by atoms with Gasteiger partial charge >= 0.3 is 5.97 Å². The minimum atomic E-state index is -0.399. The number of rotatable bonds is 4. The van der Waals surface area contributed by atoms with E-state index in [4.69, 9.17) is 16.3 Å². The fraction of sp³-hybridized carbons (Fsp3) is 0.143. The molecule has 0 radical (unpaired) electrons. The normalized spacial score (nSPS) is 11.2. The van der Waals surface area contributed by atoms with Gasteiger partial charge in [-0.15, -0.1) is 0 Å². The number of fused-ring (bicyclic) bond motifs is 3. The summed E-state index contributed by atoms with van der Waals surface area (Å²) in [5.41, 5.74) is 3.55. The van der Waals surface area contributed by atoms with Gasteiger partial charge in [0.2, 0.25) is 0 Å². The maximum Gasteiger partial charge on any atom is 0.356 e. The van der Waals surface area contributed by atoms with Crippen molar-refractivity contribution in [3.8, 4) is 0 Å². The largest absolute Gasteiger partial charge is 0.461 e. The Labute approximate surface area is 156 Å². The van der Waals surface area contributed by atoms with Crippen molar-refractivity contribution in [2.75, 3.05) is 6.61 Å². The standard InChI is InChI=1S/C21H17ClN2O2/c1-2-26-21(25)18-11-17-16-5-3-4-6-19(16)24(20(17)12-23-18)13-14-7-9-15(22)10-8-14/h3-12H,2,13H2,1H3. The van der Waals surface area contributed by atoms with Gasteiger partial charge in [-0.1, -0.05) is 41.9 Å². The van der Waals surface area contributed by atoms with Gasteiger partial charge in [0.1, 0.15) is 5.69 Å². The van der Waals surface area contributed by atoms with Crippen LogP contribution >= 0.6 is 11.6 Å². The molecule has 2 aromatic heterocycles. The summed E-state index contributed by atoms with van der Waals surface area (Å²) in [5, 5.41) is 2.80. The highest BCUT2D eigenvalue weighted by Crippen LogP contribution is 2.30. The molecule has 0 bridgehead atoms. The second kappa shape index (κ2) is 6.81. The molecule has 4 rings (SSSR count). The van der Waals surface area contributed by atoms with E-state index in [2.05, 4.69) is 21.7 Å². The van der Waals surface area contributed by atoms with E-state index in [0.717, 1.165) is 32.4 Å². The maximum absolute atomic E-state index is 12.1. The summed E-state index contributed by atoms with van der Waals surface area (Å²) in [5.74, 6) is -0.399. The summed E-state index contributed by atoms with van der Waals surface area (Å²) >= 11 is 6.00. The van der Waals surface area contributed by atoms with Crippen molar-refractivity contribution >= 4 is 39.4 Å².